The van der Waals surface area contributed by atoms with Gasteiger partial charge in [-0.3, -0.25) is 4.90 Å². The van der Waals surface area contributed by atoms with E-state index in [4.69, 9.17) is 10.2 Å². The molecule has 3 heteroatoms. The van der Waals surface area contributed by atoms with Crippen molar-refractivity contribution in [2.45, 2.75) is 32.4 Å². The lowest BCUT2D eigenvalue weighted by molar-refractivity contribution is 0.0986. The average molecular weight is 161 g/mol. The van der Waals surface area contributed by atoms with Gasteiger partial charge in [-0.2, -0.15) is 0 Å². The van der Waals surface area contributed by atoms with Crippen molar-refractivity contribution in [3.63, 3.8) is 0 Å². The van der Waals surface area contributed by atoms with Crippen molar-refractivity contribution in [2.24, 2.45) is 0 Å². The van der Waals surface area contributed by atoms with Crippen molar-refractivity contribution in [3.05, 3.63) is 0 Å². The summed E-state index contributed by atoms with van der Waals surface area (Å²) in [5.74, 6) is 0. The average Bonchev–Trinajstić information content (AvgIpc) is 1.98. The third-order valence-electron chi connectivity index (χ3n) is 2.06. The molecule has 11 heavy (non-hydrogen) atoms. The van der Waals surface area contributed by atoms with Crippen molar-refractivity contribution >= 4 is 0 Å². The third-order valence-corrected chi connectivity index (χ3v) is 2.06. The second kappa shape index (κ2) is 5.52. The predicted octanol–water partition coefficient (Wildman–Crippen LogP) is 0.0699. The van der Waals surface area contributed by atoms with Gasteiger partial charge in [0.2, 0.25) is 0 Å². The quantitative estimate of drug-likeness (QED) is 0.599. The Hall–Kier alpha value is -0.120. The monoisotopic (exact) mass is 161 g/mol. The van der Waals surface area contributed by atoms with Crippen LogP contribution in [0.25, 0.3) is 0 Å². The molecular weight excluding hydrogens is 142 g/mol. The fourth-order valence-corrected chi connectivity index (χ4v) is 0.994. The summed E-state index contributed by atoms with van der Waals surface area (Å²) in [7, 11) is 1.96. The minimum atomic E-state index is 0.0972. The van der Waals surface area contributed by atoms with E-state index in [2.05, 4.69) is 18.7 Å². The second-order valence-corrected chi connectivity index (χ2v) is 3.11. The van der Waals surface area contributed by atoms with Gasteiger partial charge in [0.05, 0.1) is 6.61 Å². The van der Waals surface area contributed by atoms with E-state index in [1.807, 2.05) is 7.05 Å². The lowest BCUT2D eigenvalue weighted by Gasteiger charge is -2.29. The summed E-state index contributed by atoms with van der Waals surface area (Å²) >= 11 is 0. The molecule has 0 aliphatic heterocycles. The molecule has 0 fully saturated rings. The molecule has 0 aliphatic rings. The van der Waals surface area contributed by atoms with Crippen molar-refractivity contribution in [2.75, 3.05) is 20.3 Å². The van der Waals surface area contributed by atoms with Crippen LogP contribution in [0.1, 0.15) is 20.3 Å². The summed E-state index contributed by atoms with van der Waals surface area (Å²) in [6.07, 6.45) is 0.644. The summed E-state index contributed by atoms with van der Waals surface area (Å²) in [6.45, 7) is 4.40. The van der Waals surface area contributed by atoms with Crippen molar-refractivity contribution < 1.29 is 10.2 Å². The predicted molar refractivity (Wildman–Crippen MR) is 45.5 cm³/mol. The van der Waals surface area contributed by atoms with E-state index in [0.29, 0.717) is 12.5 Å². The molecule has 0 rings (SSSR count). The van der Waals surface area contributed by atoms with Crippen LogP contribution in [0, 0.1) is 0 Å². The molecule has 0 heterocycles. The maximum atomic E-state index is 8.92. The molecule has 0 amide bonds. The highest BCUT2D eigenvalue weighted by atomic mass is 16.3. The lowest BCUT2D eigenvalue weighted by Crippen LogP contribution is -2.40. The summed E-state index contributed by atoms with van der Waals surface area (Å²) in [4.78, 5) is 2.07. The molecule has 0 aromatic carbocycles. The molecule has 3 nitrogen and oxygen atoms in total. The van der Waals surface area contributed by atoms with Gasteiger partial charge in [0.15, 0.2) is 0 Å². The molecule has 1 atom stereocenters. The molecule has 0 saturated carbocycles. The molecule has 2 N–H and O–H groups in total. The van der Waals surface area contributed by atoms with Gasteiger partial charge in [-0.05, 0) is 27.3 Å². The molecule has 0 aromatic rings. The number of hydrogen-bond donors (Lipinski definition) is 2. The van der Waals surface area contributed by atoms with Crippen LogP contribution in [0.15, 0.2) is 0 Å². The van der Waals surface area contributed by atoms with E-state index in [0.717, 1.165) is 0 Å². The highest BCUT2D eigenvalue weighted by Gasteiger charge is 2.14. The molecule has 0 saturated heterocycles. The van der Waals surface area contributed by atoms with Gasteiger partial charge in [0, 0.05) is 18.7 Å². The first kappa shape index (κ1) is 10.9. The Bertz CT molecular complexity index is 96.1. The molecule has 0 spiro atoms. The standard InChI is InChI=1S/C8H19NO2/c1-7(2)9(3)8(6-11)4-5-10/h7-8,10-11H,4-6H2,1-3H3. The normalized spacial score (nSPS) is 14.5. The minimum absolute atomic E-state index is 0.0972. The first-order valence-corrected chi connectivity index (χ1v) is 4.07. The highest BCUT2D eigenvalue weighted by molar-refractivity contribution is 4.69. The smallest absolute Gasteiger partial charge is 0.0587 e. The van der Waals surface area contributed by atoms with Crippen LogP contribution in [0.5, 0.6) is 0 Å². The topological polar surface area (TPSA) is 43.7 Å². The molecule has 68 valence electrons. The van der Waals surface area contributed by atoms with E-state index in [1.54, 1.807) is 0 Å². The largest absolute Gasteiger partial charge is 0.396 e. The van der Waals surface area contributed by atoms with Crippen LogP contribution in [-0.2, 0) is 0 Å². The van der Waals surface area contributed by atoms with Crippen LogP contribution in [0.3, 0.4) is 0 Å². The Morgan fingerprint density at radius 2 is 1.82 bits per heavy atom. The maximum absolute atomic E-state index is 8.92. The Morgan fingerprint density at radius 1 is 1.27 bits per heavy atom. The number of aliphatic hydroxyl groups is 2. The number of hydrogen-bond acceptors (Lipinski definition) is 3. The molecule has 1 unspecified atom stereocenters. The van der Waals surface area contributed by atoms with Crippen molar-refractivity contribution in [1.82, 2.24) is 4.90 Å². The highest BCUT2D eigenvalue weighted by Crippen LogP contribution is 2.04. The Labute approximate surface area is 68.6 Å². The summed E-state index contributed by atoms with van der Waals surface area (Å²) in [5, 5.41) is 17.6. The summed E-state index contributed by atoms with van der Waals surface area (Å²) in [6, 6.07) is 0.513. The van der Waals surface area contributed by atoms with Crippen LogP contribution >= 0.6 is 0 Å². The third kappa shape index (κ3) is 3.70. The molecule has 0 aromatic heterocycles. The zero-order chi connectivity index (χ0) is 8.85. The van der Waals surface area contributed by atoms with Crippen LogP contribution in [0.4, 0.5) is 0 Å². The van der Waals surface area contributed by atoms with Crippen molar-refractivity contribution in [3.8, 4) is 0 Å². The first-order valence-electron chi connectivity index (χ1n) is 4.07. The van der Waals surface area contributed by atoms with Crippen molar-refractivity contribution in [1.29, 1.82) is 0 Å². The summed E-state index contributed by atoms with van der Waals surface area (Å²) in [5.41, 5.74) is 0. The van der Waals surface area contributed by atoms with E-state index < -0.39 is 0 Å². The molecule has 0 radical (unpaired) electrons. The maximum Gasteiger partial charge on any atom is 0.0587 e. The fraction of sp³-hybridized carbons (Fsp3) is 1.00. The van der Waals surface area contributed by atoms with E-state index in [9.17, 15) is 0 Å². The van der Waals surface area contributed by atoms with Gasteiger partial charge in [-0.1, -0.05) is 0 Å². The summed E-state index contributed by atoms with van der Waals surface area (Å²) < 4.78 is 0. The molecular formula is C8H19NO2. The second-order valence-electron chi connectivity index (χ2n) is 3.11. The zero-order valence-corrected chi connectivity index (χ0v) is 7.62. The first-order chi connectivity index (χ1) is 5.13. The Morgan fingerprint density at radius 3 is 2.09 bits per heavy atom. The SMILES string of the molecule is CC(C)N(C)C(CO)CCO. The van der Waals surface area contributed by atoms with E-state index in [1.165, 1.54) is 0 Å². The minimum Gasteiger partial charge on any atom is -0.396 e. The van der Waals surface area contributed by atoms with E-state index in [-0.39, 0.29) is 19.3 Å². The van der Waals surface area contributed by atoms with Crippen LogP contribution < -0.4 is 0 Å². The number of aliphatic hydroxyl groups excluding tert-OH is 2. The van der Waals surface area contributed by atoms with Gasteiger partial charge in [0.1, 0.15) is 0 Å². The van der Waals surface area contributed by atoms with Gasteiger partial charge in [0.25, 0.3) is 0 Å². The molecule has 0 aliphatic carbocycles. The number of likely N-dealkylation sites (N-methyl/N-ethyl adjacent to an activating group) is 1. The van der Waals surface area contributed by atoms with Crippen LogP contribution in [0.2, 0.25) is 0 Å². The number of rotatable bonds is 5. The number of nitrogens with zero attached hydrogens (tertiary/aromatic N) is 1. The van der Waals surface area contributed by atoms with Gasteiger partial charge in [-0.15, -0.1) is 0 Å². The lowest BCUT2D eigenvalue weighted by atomic mass is 10.1. The van der Waals surface area contributed by atoms with Gasteiger partial charge >= 0.3 is 0 Å². The fourth-order valence-electron chi connectivity index (χ4n) is 0.994. The molecule has 0 bridgehead atoms. The Kier molecular flexibility index (Phi) is 5.46. The van der Waals surface area contributed by atoms with Crippen LogP contribution in [-0.4, -0.2) is 47.5 Å². The Balaban J connectivity index is 3.81. The zero-order valence-electron chi connectivity index (χ0n) is 7.62. The van der Waals surface area contributed by atoms with E-state index >= 15 is 0 Å². The van der Waals surface area contributed by atoms with Gasteiger partial charge in [-0.25, -0.2) is 0 Å². The van der Waals surface area contributed by atoms with Gasteiger partial charge < -0.3 is 10.2 Å².